The molecular formula is C16H13N3O5S. The summed E-state index contributed by atoms with van der Waals surface area (Å²) in [6, 6.07) is 6.29. The highest BCUT2D eigenvalue weighted by atomic mass is 32.2. The van der Waals surface area contributed by atoms with Gasteiger partial charge >= 0.3 is 5.97 Å². The molecule has 0 radical (unpaired) electrons. The number of ether oxygens (including phenoxy) is 1. The van der Waals surface area contributed by atoms with Crippen LogP contribution in [0.5, 0.6) is 0 Å². The van der Waals surface area contributed by atoms with Crippen molar-refractivity contribution in [2.75, 3.05) is 5.75 Å². The zero-order valence-electron chi connectivity index (χ0n) is 13.0. The van der Waals surface area contributed by atoms with Gasteiger partial charge in [-0.25, -0.2) is 4.98 Å². The van der Waals surface area contributed by atoms with Gasteiger partial charge in [-0.2, -0.15) is 0 Å². The molecule has 0 amide bonds. The van der Waals surface area contributed by atoms with Gasteiger partial charge in [0.25, 0.3) is 5.56 Å². The van der Waals surface area contributed by atoms with Crippen LogP contribution in [0.1, 0.15) is 18.2 Å². The predicted octanol–water partition coefficient (Wildman–Crippen LogP) is 2.27. The van der Waals surface area contributed by atoms with Crippen LogP contribution >= 0.6 is 11.8 Å². The van der Waals surface area contributed by atoms with Gasteiger partial charge in [0.1, 0.15) is 12.3 Å². The second-order valence-electron chi connectivity index (χ2n) is 5.43. The van der Waals surface area contributed by atoms with Crippen LogP contribution in [-0.2, 0) is 16.1 Å². The monoisotopic (exact) mass is 359 g/mol. The second-order valence-corrected chi connectivity index (χ2v) is 6.41. The molecule has 0 spiro atoms. The van der Waals surface area contributed by atoms with Crippen molar-refractivity contribution in [1.29, 1.82) is 0 Å². The fraction of sp³-hybridized carbons (Fsp3) is 0.250. The summed E-state index contributed by atoms with van der Waals surface area (Å²) >= 11 is 1.45. The molecule has 0 saturated carbocycles. The Morgan fingerprint density at radius 1 is 1.40 bits per heavy atom. The summed E-state index contributed by atoms with van der Waals surface area (Å²) in [5.74, 6) is 1.23. The first-order chi connectivity index (χ1) is 12.2. The minimum atomic E-state index is -0.406. The lowest BCUT2D eigenvalue weighted by Crippen LogP contribution is -2.25. The lowest BCUT2D eigenvalue weighted by Gasteiger charge is -2.11. The Hall–Kier alpha value is -2.81. The summed E-state index contributed by atoms with van der Waals surface area (Å²) in [6.45, 7) is -0.00228. The Bertz CT molecular complexity index is 947. The minimum absolute atomic E-state index is 0.00228. The van der Waals surface area contributed by atoms with E-state index in [2.05, 4.69) is 10.1 Å². The van der Waals surface area contributed by atoms with Crippen molar-refractivity contribution in [2.24, 2.45) is 0 Å². The van der Waals surface area contributed by atoms with Crippen molar-refractivity contribution in [2.45, 2.75) is 24.2 Å². The summed E-state index contributed by atoms with van der Waals surface area (Å²) in [4.78, 5) is 28.1. The van der Waals surface area contributed by atoms with E-state index < -0.39 is 5.97 Å². The van der Waals surface area contributed by atoms with Gasteiger partial charge in [-0.3, -0.25) is 14.2 Å². The number of fused-ring (bicyclic) bond motifs is 1. The Morgan fingerprint density at radius 3 is 3.16 bits per heavy atom. The fourth-order valence-corrected chi connectivity index (χ4v) is 3.68. The van der Waals surface area contributed by atoms with Gasteiger partial charge in [-0.05, 0) is 12.1 Å². The maximum Gasteiger partial charge on any atom is 0.308 e. The van der Waals surface area contributed by atoms with E-state index in [-0.39, 0.29) is 24.6 Å². The molecule has 1 atom stereocenters. The van der Waals surface area contributed by atoms with E-state index in [4.69, 9.17) is 13.7 Å². The lowest BCUT2D eigenvalue weighted by molar-refractivity contribution is -0.145. The number of aromatic nitrogens is 3. The van der Waals surface area contributed by atoms with Gasteiger partial charge in [0, 0.05) is 24.1 Å². The zero-order valence-corrected chi connectivity index (χ0v) is 13.8. The summed E-state index contributed by atoms with van der Waals surface area (Å²) in [5, 5.41) is 4.47. The van der Waals surface area contributed by atoms with E-state index in [0.717, 1.165) is 0 Å². The number of hydrogen-bond donors (Lipinski definition) is 0. The molecule has 3 aromatic heterocycles. The zero-order chi connectivity index (χ0) is 17.2. The van der Waals surface area contributed by atoms with Crippen LogP contribution in [0.25, 0.3) is 11.5 Å². The van der Waals surface area contributed by atoms with Crippen molar-refractivity contribution in [1.82, 2.24) is 14.7 Å². The topological polar surface area (TPSA) is 100 Å². The number of hydrogen-bond acceptors (Lipinski definition) is 8. The normalized spacial score (nSPS) is 15.9. The van der Waals surface area contributed by atoms with Gasteiger partial charge in [-0.1, -0.05) is 16.9 Å². The number of thioether (sulfide) groups is 1. The van der Waals surface area contributed by atoms with Crippen molar-refractivity contribution < 1.29 is 18.5 Å². The summed E-state index contributed by atoms with van der Waals surface area (Å²) in [7, 11) is 0. The molecular weight excluding hydrogens is 346 g/mol. The van der Waals surface area contributed by atoms with Gasteiger partial charge in [0.15, 0.2) is 10.9 Å². The predicted molar refractivity (Wildman–Crippen MR) is 86.9 cm³/mol. The summed E-state index contributed by atoms with van der Waals surface area (Å²) in [5.41, 5.74) is 0.326. The SMILES string of the molecule is O=C(CC1CSc2nccc(=O)n21)OCc1cc(-c2ccco2)on1. The summed E-state index contributed by atoms with van der Waals surface area (Å²) in [6.07, 6.45) is 3.11. The van der Waals surface area contributed by atoms with E-state index in [1.165, 1.54) is 34.9 Å². The molecule has 0 N–H and O–H groups in total. The van der Waals surface area contributed by atoms with Crippen LogP contribution in [0.3, 0.4) is 0 Å². The molecule has 25 heavy (non-hydrogen) atoms. The van der Waals surface area contributed by atoms with Crippen molar-refractivity contribution in [3.63, 3.8) is 0 Å². The van der Waals surface area contributed by atoms with Crippen LogP contribution in [0.15, 0.2) is 55.6 Å². The highest BCUT2D eigenvalue weighted by molar-refractivity contribution is 7.99. The molecule has 1 unspecified atom stereocenters. The lowest BCUT2D eigenvalue weighted by atomic mass is 10.2. The molecule has 0 bridgehead atoms. The van der Waals surface area contributed by atoms with Crippen LogP contribution in [0.4, 0.5) is 0 Å². The van der Waals surface area contributed by atoms with Gasteiger partial charge in [-0.15, -0.1) is 0 Å². The minimum Gasteiger partial charge on any atom is -0.461 e. The molecule has 4 heterocycles. The van der Waals surface area contributed by atoms with Crippen LogP contribution in [-0.4, -0.2) is 26.4 Å². The highest BCUT2D eigenvalue weighted by Gasteiger charge is 2.27. The van der Waals surface area contributed by atoms with Crippen molar-refractivity contribution >= 4 is 17.7 Å². The molecule has 4 rings (SSSR count). The molecule has 0 fully saturated rings. The quantitative estimate of drug-likeness (QED) is 0.505. The van der Waals surface area contributed by atoms with E-state index >= 15 is 0 Å². The van der Waals surface area contributed by atoms with E-state index in [9.17, 15) is 9.59 Å². The number of carbonyl (C=O) groups excluding carboxylic acids is 1. The molecule has 0 saturated heterocycles. The fourth-order valence-electron chi connectivity index (χ4n) is 2.56. The van der Waals surface area contributed by atoms with E-state index in [1.54, 1.807) is 18.2 Å². The first kappa shape index (κ1) is 15.7. The molecule has 8 nitrogen and oxygen atoms in total. The average Bonchev–Trinajstić information content (AvgIpc) is 3.34. The third kappa shape index (κ3) is 3.22. The number of esters is 1. The molecule has 128 valence electrons. The maximum atomic E-state index is 12.1. The van der Waals surface area contributed by atoms with Crippen molar-refractivity contribution in [3.8, 4) is 11.5 Å². The Morgan fingerprint density at radius 2 is 2.32 bits per heavy atom. The molecule has 0 aromatic carbocycles. The second kappa shape index (κ2) is 6.60. The van der Waals surface area contributed by atoms with Gasteiger partial charge < -0.3 is 13.7 Å². The van der Waals surface area contributed by atoms with Crippen LogP contribution in [0.2, 0.25) is 0 Å². The van der Waals surface area contributed by atoms with Crippen molar-refractivity contribution in [3.05, 3.63) is 52.8 Å². The largest absolute Gasteiger partial charge is 0.461 e. The van der Waals surface area contributed by atoms with Crippen LogP contribution in [0, 0.1) is 0 Å². The molecule has 3 aromatic rings. The Labute approximate surface area is 145 Å². The number of furan rings is 1. The number of nitrogens with zero attached hydrogens (tertiary/aromatic N) is 3. The Kier molecular flexibility index (Phi) is 4.14. The smallest absolute Gasteiger partial charge is 0.308 e. The number of carbonyl (C=O) groups is 1. The molecule has 0 aliphatic carbocycles. The Balaban J connectivity index is 1.36. The molecule has 9 heteroatoms. The third-order valence-corrected chi connectivity index (χ3v) is 4.83. The first-order valence-corrected chi connectivity index (χ1v) is 8.55. The van der Waals surface area contributed by atoms with Gasteiger partial charge in [0.2, 0.25) is 5.76 Å². The maximum absolute atomic E-state index is 12.1. The number of rotatable bonds is 5. The van der Waals surface area contributed by atoms with E-state index in [1.807, 2.05) is 0 Å². The molecule has 1 aliphatic heterocycles. The molecule has 1 aliphatic rings. The highest BCUT2D eigenvalue weighted by Crippen LogP contribution is 2.31. The third-order valence-electron chi connectivity index (χ3n) is 3.72. The first-order valence-electron chi connectivity index (χ1n) is 7.56. The van der Waals surface area contributed by atoms with Crippen LogP contribution < -0.4 is 5.56 Å². The van der Waals surface area contributed by atoms with Gasteiger partial charge in [0.05, 0.1) is 18.7 Å². The standard InChI is InChI=1S/C16H13N3O5S/c20-14-3-4-17-16-19(14)11(9-25-16)7-15(21)23-8-10-6-13(24-18-10)12-2-1-5-22-12/h1-6,11H,7-9H2. The van der Waals surface area contributed by atoms with E-state index in [0.29, 0.717) is 28.1 Å². The average molecular weight is 359 g/mol. The summed E-state index contributed by atoms with van der Waals surface area (Å²) < 4.78 is 17.1.